The molecule has 0 saturated carbocycles. The Morgan fingerprint density at radius 3 is 2.59 bits per heavy atom. The number of rotatable bonds is 3. The summed E-state index contributed by atoms with van der Waals surface area (Å²) >= 11 is 0. The van der Waals surface area contributed by atoms with Crippen molar-refractivity contribution in [1.29, 1.82) is 5.26 Å². The summed E-state index contributed by atoms with van der Waals surface area (Å²) < 4.78 is 0. The van der Waals surface area contributed by atoms with Crippen molar-refractivity contribution in [3.8, 4) is 6.07 Å². The molecule has 2 atom stereocenters. The summed E-state index contributed by atoms with van der Waals surface area (Å²) in [5, 5.41) is 8.84. The number of benzene rings is 1. The van der Waals surface area contributed by atoms with Gasteiger partial charge in [-0.25, -0.2) is 0 Å². The fraction of sp³-hybridized carbons (Fsp3) is 0.400. The fourth-order valence-electron chi connectivity index (χ4n) is 2.27. The lowest BCUT2D eigenvalue weighted by Crippen LogP contribution is -2.31. The zero-order valence-electron chi connectivity index (χ0n) is 10.2. The molecule has 0 aromatic heterocycles. The number of hydrogen-bond acceptors (Lipinski definition) is 2. The molecule has 0 saturated heterocycles. The van der Waals surface area contributed by atoms with Gasteiger partial charge >= 0.3 is 0 Å². The molecule has 1 aliphatic rings. The second kappa shape index (κ2) is 5.65. The molecule has 2 rings (SSSR count). The first-order valence-corrected chi connectivity index (χ1v) is 6.11. The van der Waals surface area contributed by atoms with Crippen LogP contribution in [0.1, 0.15) is 18.4 Å². The highest BCUT2D eigenvalue weighted by atomic mass is 15.1. The predicted molar refractivity (Wildman–Crippen MR) is 69.2 cm³/mol. The molecule has 0 bridgehead atoms. The molecule has 0 heterocycles. The molecule has 1 aromatic rings. The van der Waals surface area contributed by atoms with Crippen LogP contribution < -0.4 is 0 Å². The van der Waals surface area contributed by atoms with E-state index in [0.29, 0.717) is 6.04 Å². The largest absolute Gasteiger partial charge is 0.296 e. The lowest BCUT2D eigenvalue weighted by Gasteiger charge is -2.28. The molecule has 2 nitrogen and oxygen atoms in total. The van der Waals surface area contributed by atoms with Gasteiger partial charge in [0.15, 0.2) is 0 Å². The van der Waals surface area contributed by atoms with E-state index in [0.717, 1.165) is 19.4 Å². The maximum atomic E-state index is 8.84. The van der Waals surface area contributed by atoms with E-state index in [1.54, 1.807) is 0 Å². The summed E-state index contributed by atoms with van der Waals surface area (Å²) in [4.78, 5) is 2.35. The van der Waals surface area contributed by atoms with Crippen LogP contribution in [0.25, 0.3) is 0 Å². The van der Waals surface area contributed by atoms with Crippen LogP contribution in [-0.4, -0.2) is 18.0 Å². The topological polar surface area (TPSA) is 27.0 Å². The van der Waals surface area contributed by atoms with E-state index in [1.165, 1.54) is 5.56 Å². The smallest absolute Gasteiger partial charge is 0.0697 e. The minimum absolute atomic E-state index is 0.122. The SMILES string of the molecule is CN(Cc1ccccc1)C1C=CC(C#N)CC1. The van der Waals surface area contributed by atoms with E-state index >= 15 is 0 Å². The van der Waals surface area contributed by atoms with E-state index in [2.05, 4.69) is 54.4 Å². The molecule has 17 heavy (non-hydrogen) atoms. The van der Waals surface area contributed by atoms with E-state index in [-0.39, 0.29) is 5.92 Å². The Bertz CT molecular complexity index is 416. The van der Waals surface area contributed by atoms with Gasteiger partial charge in [0.1, 0.15) is 0 Å². The third-order valence-electron chi connectivity index (χ3n) is 3.35. The van der Waals surface area contributed by atoms with Crippen LogP contribution >= 0.6 is 0 Å². The van der Waals surface area contributed by atoms with Crippen molar-refractivity contribution < 1.29 is 0 Å². The fourth-order valence-corrected chi connectivity index (χ4v) is 2.27. The molecule has 1 aromatic carbocycles. The van der Waals surface area contributed by atoms with Gasteiger partial charge in [0, 0.05) is 12.6 Å². The monoisotopic (exact) mass is 226 g/mol. The minimum atomic E-state index is 0.122. The molecule has 0 radical (unpaired) electrons. The van der Waals surface area contributed by atoms with Gasteiger partial charge in [0.05, 0.1) is 12.0 Å². The average molecular weight is 226 g/mol. The van der Waals surface area contributed by atoms with Crippen molar-refractivity contribution in [1.82, 2.24) is 4.90 Å². The van der Waals surface area contributed by atoms with E-state index < -0.39 is 0 Å². The van der Waals surface area contributed by atoms with Gasteiger partial charge in [-0.05, 0) is 25.5 Å². The quantitative estimate of drug-likeness (QED) is 0.741. The Balaban J connectivity index is 1.94. The number of nitriles is 1. The van der Waals surface area contributed by atoms with Crippen LogP contribution in [0.3, 0.4) is 0 Å². The zero-order valence-corrected chi connectivity index (χ0v) is 10.2. The van der Waals surface area contributed by atoms with E-state index in [1.807, 2.05) is 6.07 Å². The first kappa shape index (κ1) is 11.9. The van der Waals surface area contributed by atoms with E-state index in [9.17, 15) is 0 Å². The van der Waals surface area contributed by atoms with Crippen LogP contribution in [0.15, 0.2) is 42.5 Å². The number of hydrogen-bond donors (Lipinski definition) is 0. The summed E-state index contributed by atoms with van der Waals surface area (Å²) in [5.74, 6) is 0.122. The standard InChI is InChI=1S/C15H18N2/c1-17(12-14-5-3-2-4-6-14)15-9-7-13(11-16)8-10-15/h2-7,9,13,15H,8,10,12H2,1H3. The third-order valence-corrected chi connectivity index (χ3v) is 3.35. The first-order chi connectivity index (χ1) is 8.29. The van der Waals surface area contributed by atoms with Gasteiger partial charge in [-0.15, -0.1) is 0 Å². The highest BCUT2D eigenvalue weighted by Gasteiger charge is 2.18. The molecule has 88 valence electrons. The molecule has 1 aliphatic carbocycles. The van der Waals surface area contributed by atoms with Crippen molar-refractivity contribution in [2.45, 2.75) is 25.4 Å². The highest BCUT2D eigenvalue weighted by molar-refractivity contribution is 5.15. The van der Waals surface area contributed by atoms with Gasteiger partial charge in [0.25, 0.3) is 0 Å². The third kappa shape index (κ3) is 3.18. The van der Waals surface area contributed by atoms with Crippen LogP contribution in [0.5, 0.6) is 0 Å². The first-order valence-electron chi connectivity index (χ1n) is 6.11. The van der Waals surface area contributed by atoms with Crippen molar-refractivity contribution in [2.24, 2.45) is 5.92 Å². The lowest BCUT2D eigenvalue weighted by molar-refractivity contribution is 0.249. The summed E-state index contributed by atoms with van der Waals surface area (Å²) in [6, 6.07) is 13.3. The Morgan fingerprint density at radius 2 is 2.00 bits per heavy atom. The second-order valence-corrected chi connectivity index (χ2v) is 4.67. The summed E-state index contributed by atoms with van der Waals surface area (Å²) in [6.07, 6.45) is 6.30. The van der Waals surface area contributed by atoms with E-state index in [4.69, 9.17) is 5.26 Å². The van der Waals surface area contributed by atoms with Gasteiger partial charge < -0.3 is 0 Å². The molecule has 0 N–H and O–H groups in total. The Kier molecular flexibility index (Phi) is 3.95. The molecule has 0 fully saturated rings. The van der Waals surface area contributed by atoms with Crippen LogP contribution in [0.2, 0.25) is 0 Å². The van der Waals surface area contributed by atoms with Crippen molar-refractivity contribution in [2.75, 3.05) is 7.05 Å². The van der Waals surface area contributed by atoms with Crippen LogP contribution in [0, 0.1) is 17.2 Å². The average Bonchev–Trinajstić information content (AvgIpc) is 2.40. The molecule has 0 aliphatic heterocycles. The van der Waals surface area contributed by atoms with Crippen molar-refractivity contribution >= 4 is 0 Å². The van der Waals surface area contributed by atoms with Gasteiger partial charge in [-0.2, -0.15) is 5.26 Å². The molecular weight excluding hydrogens is 208 g/mol. The molecule has 0 amide bonds. The van der Waals surface area contributed by atoms with Crippen LogP contribution in [-0.2, 0) is 6.54 Å². The van der Waals surface area contributed by atoms with Gasteiger partial charge in [-0.1, -0.05) is 42.5 Å². The normalized spacial score (nSPS) is 23.6. The van der Waals surface area contributed by atoms with Gasteiger partial charge in [0.2, 0.25) is 0 Å². The lowest BCUT2D eigenvalue weighted by atomic mass is 9.93. The summed E-state index contributed by atoms with van der Waals surface area (Å²) in [6.45, 7) is 0.965. The maximum Gasteiger partial charge on any atom is 0.0697 e. The number of likely N-dealkylation sites (N-methyl/N-ethyl adjacent to an activating group) is 1. The molecular formula is C15H18N2. The Hall–Kier alpha value is -1.59. The van der Waals surface area contributed by atoms with Crippen molar-refractivity contribution in [3.63, 3.8) is 0 Å². The summed E-state index contributed by atoms with van der Waals surface area (Å²) in [5.41, 5.74) is 1.34. The molecule has 2 heteroatoms. The highest BCUT2D eigenvalue weighted by Crippen LogP contribution is 2.21. The molecule has 0 spiro atoms. The maximum absolute atomic E-state index is 8.84. The Labute approximate surface area is 103 Å². The van der Waals surface area contributed by atoms with Crippen LogP contribution in [0.4, 0.5) is 0 Å². The summed E-state index contributed by atoms with van der Waals surface area (Å²) in [7, 11) is 2.15. The minimum Gasteiger partial charge on any atom is -0.296 e. The number of nitrogens with zero attached hydrogens (tertiary/aromatic N) is 2. The second-order valence-electron chi connectivity index (χ2n) is 4.67. The number of allylic oxidation sites excluding steroid dienone is 1. The zero-order chi connectivity index (χ0) is 12.1. The predicted octanol–water partition coefficient (Wildman–Crippen LogP) is 2.98. The molecule has 2 unspecified atom stereocenters. The Morgan fingerprint density at radius 1 is 1.24 bits per heavy atom. The van der Waals surface area contributed by atoms with Crippen molar-refractivity contribution in [3.05, 3.63) is 48.0 Å². The van der Waals surface area contributed by atoms with Gasteiger partial charge in [-0.3, -0.25) is 4.90 Å².